The second-order valence-corrected chi connectivity index (χ2v) is 5.79. The molecule has 3 rings (SSSR count). The lowest BCUT2D eigenvalue weighted by atomic mass is 10.1. The zero-order valence-corrected chi connectivity index (χ0v) is 12.9. The molecule has 0 unspecified atom stereocenters. The predicted octanol–water partition coefficient (Wildman–Crippen LogP) is 3.30. The summed E-state index contributed by atoms with van der Waals surface area (Å²) in [7, 11) is 1.98. The molecule has 0 aliphatic rings. The van der Waals surface area contributed by atoms with Crippen LogP contribution in [0.3, 0.4) is 0 Å². The van der Waals surface area contributed by atoms with Crippen LogP contribution < -0.4 is 0 Å². The highest BCUT2D eigenvalue weighted by atomic mass is 32.1. The smallest absolute Gasteiger partial charge is 0.241 e. The Hall–Kier alpha value is -2.49. The Morgan fingerprint density at radius 2 is 2.23 bits per heavy atom. The van der Waals surface area contributed by atoms with Gasteiger partial charge in [-0.1, -0.05) is 17.3 Å². The van der Waals surface area contributed by atoms with Crippen molar-refractivity contribution in [3.05, 3.63) is 58.1 Å². The standard InChI is InChI=1S/C16H14N4OS/c1-20(9-13-4-2-3-12(7-13)8-17)10-15-18-16(19-21-15)14-5-6-22-11-14/h2-7,11H,9-10H2,1H3. The van der Waals surface area contributed by atoms with Crippen molar-refractivity contribution in [1.82, 2.24) is 15.0 Å². The Morgan fingerprint density at radius 1 is 1.32 bits per heavy atom. The molecule has 0 aliphatic carbocycles. The summed E-state index contributed by atoms with van der Waals surface area (Å²) in [5, 5.41) is 16.9. The topological polar surface area (TPSA) is 66.0 Å². The van der Waals surface area contributed by atoms with Crippen LogP contribution in [0.15, 0.2) is 45.6 Å². The average molecular weight is 310 g/mol. The van der Waals surface area contributed by atoms with Crippen LogP contribution in [0.25, 0.3) is 11.4 Å². The van der Waals surface area contributed by atoms with Crippen molar-refractivity contribution >= 4 is 11.3 Å². The quantitative estimate of drug-likeness (QED) is 0.723. The first-order chi connectivity index (χ1) is 10.7. The van der Waals surface area contributed by atoms with Gasteiger partial charge in [0, 0.05) is 17.5 Å². The fourth-order valence-electron chi connectivity index (χ4n) is 2.17. The second kappa shape index (κ2) is 6.52. The van der Waals surface area contributed by atoms with Crippen molar-refractivity contribution in [3.8, 4) is 17.5 Å². The Morgan fingerprint density at radius 3 is 3.00 bits per heavy atom. The van der Waals surface area contributed by atoms with Gasteiger partial charge in [0.15, 0.2) is 0 Å². The lowest BCUT2D eigenvalue weighted by molar-refractivity contribution is 0.261. The maximum atomic E-state index is 8.93. The molecule has 0 atom stereocenters. The molecule has 1 aromatic carbocycles. The molecule has 0 N–H and O–H groups in total. The van der Waals surface area contributed by atoms with E-state index in [1.54, 1.807) is 17.4 Å². The van der Waals surface area contributed by atoms with E-state index in [9.17, 15) is 0 Å². The van der Waals surface area contributed by atoms with Gasteiger partial charge >= 0.3 is 0 Å². The van der Waals surface area contributed by atoms with Crippen LogP contribution in [0.2, 0.25) is 0 Å². The zero-order chi connectivity index (χ0) is 15.4. The number of benzene rings is 1. The summed E-state index contributed by atoms with van der Waals surface area (Å²) in [5.74, 6) is 1.20. The van der Waals surface area contributed by atoms with Crippen LogP contribution >= 0.6 is 11.3 Å². The van der Waals surface area contributed by atoms with Crippen LogP contribution in [0.4, 0.5) is 0 Å². The molecule has 0 saturated heterocycles. The van der Waals surface area contributed by atoms with Crippen LogP contribution in [-0.2, 0) is 13.1 Å². The molecule has 6 heteroatoms. The zero-order valence-electron chi connectivity index (χ0n) is 12.1. The molecule has 3 aromatic rings. The predicted molar refractivity (Wildman–Crippen MR) is 83.9 cm³/mol. The van der Waals surface area contributed by atoms with Crippen molar-refractivity contribution in [2.45, 2.75) is 13.1 Å². The summed E-state index contributed by atoms with van der Waals surface area (Å²) in [6.45, 7) is 1.28. The highest BCUT2D eigenvalue weighted by molar-refractivity contribution is 7.08. The maximum Gasteiger partial charge on any atom is 0.241 e. The number of nitriles is 1. The van der Waals surface area contributed by atoms with Gasteiger partial charge < -0.3 is 4.52 Å². The van der Waals surface area contributed by atoms with Gasteiger partial charge in [-0.05, 0) is 36.2 Å². The monoisotopic (exact) mass is 310 g/mol. The van der Waals surface area contributed by atoms with Gasteiger partial charge in [-0.2, -0.15) is 21.6 Å². The molecule has 0 aliphatic heterocycles. The highest BCUT2D eigenvalue weighted by Crippen LogP contribution is 2.19. The van der Waals surface area contributed by atoms with E-state index in [4.69, 9.17) is 9.78 Å². The van der Waals surface area contributed by atoms with E-state index in [2.05, 4.69) is 21.1 Å². The third kappa shape index (κ3) is 3.39. The first-order valence-corrected chi connectivity index (χ1v) is 7.71. The van der Waals surface area contributed by atoms with E-state index in [-0.39, 0.29) is 0 Å². The van der Waals surface area contributed by atoms with Gasteiger partial charge in [0.05, 0.1) is 18.2 Å². The summed E-state index contributed by atoms with van der Waals surface area (Å²) in [4.78, 5) is 6.47. The van der Waals surface area contributed by atoms with Gasteiger partial charge in [0.2, 0.25) is 11.7 Å². The Balaban J connectivity index is 1.64. The lowest BCUT2D eigenvalue weighted by Gasteiger charge is -2.14. The molecule has 2 heterocycles. The van der Waals surface area contributed by atoms with Crippen molar-refractivity contribution in [3.63, 3.8) is 0 Å². The molecule has 110 valence electrons. The van der Waals surface area contributed by atoms with E-state index >= 15 is 0 Å². The van der Waals surface area contributed by atoms with E-state index < -0.39 is 0 Å². The fourth-order valence-corrected chi connectivity index (χ4v) is 2.80. The Kier molecular flexibility index (Phi) is 4.28. The summed E-state index contributed by atoms with van der Waals surface area (Å²) >= 11 is 1.60. The van der Waals surface area contributed by atoms with Crippen LogP contribution in [0.1, 0.15) is 17.0 Å². The molecular formula is C16H14N4OS. The normalized spacial score (nSPS) is 10.8. The van der Waals surface area contributed by atoms with Crippen molar-refractivity contribution < 1.29 is 4.52 Å². The summed E-state index contributed by atoms with van der Waals surface area (Å²) < 4.78 is 5.29. The number of aromatic nitrogens is 2. The van der Waals surface area contributed by atoms with E-state index in [0.717, 1.165) is 11.1 Å². The average Bonchev–Trinajstić information content (AvgIpc) is 3.18. The fraction of sp³-hybridized carbons (Fsp3) is 0.188. The van der Waals surface area contributed by atoms with E-state index in [1.165, 1.54) is 0 Å². The third-order valence-corrected chi connectivity index (χ3v) is 3.84. The van der Waals surface area contributed by atoms with Crippen LogP contribution in [-0.4, -0.2) is 22.1 Å². The molecule has 2 aromatic heterocycles. The third-order valence-electron chi connectivity index (χ3n) is 3.16. The van der Waals surface area contributed by atoms with Gasteiger partial charge in [-0.15, -0.1) is 0 Å². The number of nitrogens with zero attached hydrogens (tertiary/aromatic N) is 4. The van der Waals surface area contributed by atoms with Gasteiger partial charge in [-0.3, -0.25) is 4.90 Å². The molecule has 0 spiro atoms. The molecule has 0 amide bonds. The number of hydrogen-bond acceptors (Lipinski definition) is 6. The highest BCUT2D eigenvalue weighted by Gasteiger charge is 2.11. The lowest BCUT2D eigenvalue weighted by Crippen LogP contribution is -2.17. The van der Waals surface area contributed by atoms with Crippen LogP contribution in [0.5, 0.6) is 0 Å². The van der Waals surface area contributed by atoms with Gasteiger partial charge in [0.25, 0.3) is 0 Å². The maximum absolute atomic E-state index is 8.93. The summed E-state index contributed by atoms with van der Waals surface area (Å²) in [6, 6.07) is 11.7. The van der Waals surface area contributed by atoms with Crippen molar-refractivity contribution in [2.75, 3.05) is 7.05 Å². The molecular weight excluding hydrogens is 296 g/mol. The molecule has 22 heavy (non-hydrogen) atoms. The van der Waals surface area contributed by atoms with Crippen molar-refractivity contribution in [2.24, 2.45) is 0 Å². The Labute approximate surface area is 132 Å². The summed E-state index contributed by atoms with van der Waals surface area (Å²) in [6.07, 6.45) is 0. The van der Waals surface area contributed by atoms with E-state index in [1.807, 2.05) is 42.1 Å². The largest absolute Gasteiger partial charge is 0.338 e. The number of rotatable bonds is 5. The van der Waals surface area contributed by atoms with Crippen LogP contribution in [0, 0.1) is 11.3 Å². The molecule has 5 nitrogen and oxygen atoms in total. The minimum atomic E-state index is 0.563. The minimum Gasteiger partial charge on any atom is -0.338 e. The SMILES string of the molecule is CN(Cc1cccc(C#N)c1)Cc1nc(-c2ccsc2)no1. The molecule has 0 saturated carbocycles. The first-order valence-electron chi connectivity index (χ1n) is 6.77. The number of thiophene rings is 1. The van der Waals surface area contributed by atoms with Crippen molar-refractivity contribution in [1.29, 1.82) is 5.26 Å². The minimum absolute atomic E-state index is 0.563. The van der Waals surface area contributed by atoms with Gasteiger partial charge in [0.1, 0.15) is 0 Å². The summed E-state index contributed by atoms with van der Waals surface area (Å²) in [5.41, 5.74) is 2.73. The molecule has 0 bridgehead atoms. The molecule has 0 fully saturated rings. The number of hydrogen-bond donors (Lipinski definition) is 0. The Bertz CT molecular complexity index is 789. The van der Waals surface area contributed by atoms with E-state index in [0.29, 0.717) is 30.4 Å². The van der Waals surface area contributed by atoms with Gasteiger partial charge in [-0.25, -0.2) is 0 Å². The first kappa shape index (κ1) is 14.4. The second-order valence-electron chi connectivity index (χ2n) is 5.01. The molecule has 0 radical (unpaired) electrons.